The summed E-state index contributed by atoms with van der Waals surface area (Å²) < 4.78 is 0. The van der Waals surface area contributed by atoms with Crippen molar-refractivity contribution >= 4 is 0 Å². The predicted octanol–water partition coefficient (Wildman–Crippen LogP) is 3.36. The smallest absolute Gasteiger partial charge is 0.0648 e. The lowest BCUT2D eigenvalue weighted by Crippen LogP contribution is -2.58. The van der Waals surface area contributed by atoms with Gasteiger partial charge in [-0.1, -0.05) is 6.92 Å². The highest BCUT2D eigenvalue weighted by molar-refractivity contribution is 5.10. The maximum Gasteiger partial charge on any atom is 0.0648 e. The highest BCUT2D eigenvalue weighted by Gasteiger charge is 2.60. The van der Waals surface area contributed by atoms with Crippen LogP contribution < -0.4 is 0 Å². The second-order valence-corrected chi connectivity index (χ2v) is 7.61. The van der Waals surface area contributed by atoms with Crippen LogP contribution in [0.25, 0.3) is 0 Å². The third-order valence-corrected chi connectivity index (χ3v) is 5.65. The van der Waals surface area contributed by atoms with Crippen molar-refractivity contribution in [2.75, 3.05) is 0 Å². The van der Waals surface area contributed by atoms with Gasteiger partial charge in [0.1, 0.15) is 0 Å². The molecule has 86 valence electrons. The molecular weight excluding hydrogens is 184 g/mol. The van der Waals surface area contributed by atoms with Gasteiger partial charge in [-0.05, 0) is 75.0 Å². The molecule has 1 heteroatoms. The predicted molar refractivity (Wildman–Crippen MR) is 61.5 cm³/mol. The van der Waals surface area contributed by atoms with E-state index in [0.29, 0.717) is 5.41 Å². The fourth-order valence-corrected chi connectivity index (χ4v) is 5.44. The summed E-state index contributed by atoms with van der Waals surface area (Å²) in [6.07, 6.45) is 8.18. The molecule has 0 aromatic heterocycles. The van der Waals surface area contributed by atoms with E-state index in [0.717, 1.165) is 11.8 Å². The standard InChI is InChI=1S/C14H24O/c1-12(2,15)14-7-10-4-11(8-14)6-13(3,5-10)9-14/h10-11,15H,4-9H2,1-3H3. The Morgan fingerprint density at radius 3 is 2.00 bits per heavy atom. The van der Waals surface area contributed by atoms with Crippen LogP contribution in [0.15, 0.2) is 0 Å². The molecular formula is C14H24O. The van der Waals surface area contributed by atoms with Gasteiger partial charge in [0.2, 0.25) is 0 Å². The van der Waals surface area contributed by atoms with Crippen LogP contribution in [0.1, 0.15) is 59.3 Å². The van der Waals surface area contributed by atoms with Crippen molar-refractivity contribution in [1.29, 1.82) is 0 Å². The first-order chi connectivity index (χ1) is 6.82. The fourth-order valence-electron chi connectivity index (χ4n) is 5.44. The SMILES string of the molecule is CC12CC3CC(C1)CC(C(C)(C)O)(C3)C2. The average Bonchev–Trinajstić information content (AvgIpc) is 1.95. The molecule has 0 aromatic carbocycles. The molecule has 1 nitrogen and oxygen atoms in total. The highest BCUT2D eigenvalue weighted by atomic mass is 16.3. The van der Waals surface area contributed by atoms with Crippen LogP contribution >= 0.6 is 0 Å². The Kier molecular flexibility index (Phi) is 1.77. The molecule has 4 saturated carbocycles. The number of aliphatic hydroxyl groups is 1. The van der Waals surface area contributed by atoms with Crippen molar-refractivity contribution < 1.29 is 5.11 Å². The summed E-state index contributed by atoms with van der Waals surface area (Å²) in [6, 6.07) is 0. The fraction of sp³-hybridized carbons (Fsp3) is 1.00. The summed E-state index contributed by atoms with van der Waals surface area (Å²) >= 11 is 0. The van der Waals surface area contributed by atoms with Gasteiger partial charge >= 0.3 is 0 Å². The zero-order valence-corrected chi connectivity index (χ0v) is 10.3. The first kappa shape index (κ1) is 10.1. The van der Waals surface area contributed by atoms with Gasteiger partial charge in [-0.15, -0.1) is 0 Å². The van der Waals surface area contributed by atoms with E-state index in [2.05, 4.69) is 6.92 Å². The summed E-state index contributed by atoms with van der Waals surface area (Å²) in [5.41, 5.74) is 0.349. The van der Waals surface area contributed by atoms with E-state index in [4.69, 9.17) is 0 Å². The third-order valence-electron chi connectivity index (χ3n) is 5.65. The molecule has 4 rings (SSSR count). The molecule has 2 unspecified atom stereocenters. The van der Waals surface area contributed by atoms with Crippen molar-refractivity contribution in [1.82, 2.24) is 0 Å². The molecule has 0 saturated heterocycles. The molecule has 4 fully saturated rings. The molecule has 4 bridgehead atoms. The summed E-state index contributed by atoms with van der Waals surface area (Å²) in [6.45, 7) is 6.55. The van der Waals surface area contributed by atoms with Crippen LogP contribution in [-0.4, -0.2) is 10.7 Å². The molecule has 0 spiro atoms. The molecule has 0 radical (unpaired) electrons. The third kappa shape index (κ3) is 1.32. The molecule has 4 aliphatic rings. The van der Waals surface area contributed by atoms with Crippen molar-refractivity contribution in [3.63, 3.8) is 0 Å². The zero-order valence-electron chi connectivity index (χ0n) is 10.3. The van der Waals surface area contributed by atoms with E-state index in [1.807, 2.05) is 13.8 Å². The Morgan fingerprint density at radius 2 is 1.60 bits per heavy atom. The van der Waals surface area contributed by atoms with Gasteiger partial charge in [0.05, 0.1) is 5.60 Å². The van der Waals surface area contributed by atoms with Gasteiger partial charge < -0.3 is 5.11 Å². The Hall–Kier alpha value is -0.0400. The minimum absolute atomic E-state index is 0.256. The molecule has 0 aliphatic heterocycles. The first-order valence-electron chi connectivity index (χ1n) is 6.54. The van der Waals surface area contributed by atoms with Crippen molar-refractivity contribution in [2.45, 2.75) is 64.9 Å². The molecule has 1 N–H and O–H groups in total. The lowest BCUT2D eigenvalue weighted by molar-refractivity contribution is -0.187. The highest BCUT2D eigenvalue weighted by Crippen LogP contribution is 2.67. The van der Waals surface area contributed by atoms with E-state index < -0.39 is 5.60 Å². The maximum atomic E-state index is 10.5. The van der Waals surface area contributed by atoms with E-state index >= 15 is 0 Å². The first-order valence-corrected chi connectivity index (χ1v) is 6.54. The van der Waals surface area contributed by atoms with Gasteiger partial charge in [-0.3, -0.25) is 0 Å². The lowest BCUT2D eigenvalue weighted by atomic mass is 9.41. The van der Waals surface area contributed by atoms with E-state index in [1.165, 1.54) is 38.5 Å². The van der Waals surface area contributed by atoms with E-state index in [-0.39, 0.29) is 5.41 Å². The summed E-state index contributed by atoms with van der Waals surface area (Å²) in [7, 11) is 0. The average molecular weight is 208 g/mol. The molecule has 0 amide bonds. The molecule has 4 aliphatic carbocycles. The topological polar surface area (TPSA) is 20.2 Å². The number of rotatable bonds is 1. The Bertz CT molecular complexity index is 272. The lowest BCUT2D eigenvalue weighted by Gasteiger charge is -2.64. The molecule has 0 heterocycles. The van der Waals surface area contributed by atoms with Crippen LogP contribution in [0.3, 0.4) is 0 Å². The van der Waals surface area contributed by atoms with E-state index in [1.54, 1.807) is 0 Å². The van der Waals surface area contributed by atoms with Crippen LogP contribution in [0.5, 0.6) is 0 Å². The van der Waals surface area contributed by atoms with Crippen molar-refractivity contribution in [3.05, 3.63) is 0 Å². The van der Waals surface area contributed by atoms with Crippen LogP contribution in [0.2, 0.25) is 0 Å². The van der Waals surface area contributed by atoms with Gasteiger partial charge in [-0.25, -0.2) is 0 Å². The summed E-state index contributed by atoms with van der Waals surface area (Å²) in [4.78, 5) is 0. The monoisotopic (exact) mass is 208 g/mol. The Labute approximate surface area is 93.3 Å². The summed E-state index contributed by atoms with van der Waals surface area (Å²) in [5.74, 6) is 1.84. The zero-order chi connectivity index (χ0) is 10.9. The van der Waals surface area contributed by atoms with Gasteiger partial charge in [0.25, 0.3) is 0 Å². The van der Waals surface area contributed by atoms with Gasteiger partial charge in [0, 0.05) is 0 Å². The normalized spacial score (nSPS) is 53.6. The van der Waals surface area contributed by atoms with Gasteiger partial charge in [0.15, 0.2) is 0 Å². The van der Waals surface area contributed by atoms with Gasteiger partial charge in [-0.2, -0.15) is 0 Å². The van der Waals surface area contributed by atoms with Crippen molar-refractivity contribution in [2.24, 2.45) is 22.7 Å². The largest absolute Gasteiger partial charge is 0.390 e. The Balaban J connectivity index is 2.00. The molecule has 0 aromatic rings. The second kappa shape index (κ2) is 2.61. The maximum absolute atomic E-state index is 10.5. The molecule has 2 atom stereocenters. The second-order valence-electron chi connectivity index (χ2n) is 7.61. The van der Waals surface area contributed by atoms with Crippen LogP contribution in [0, 0.1) is 22.7 Å². The summed E-state index contributed by atoms with van der Waals surface area (Å²) in [5, 5.41) is 10.5. The number of hydrogen-bond acceptors (Lipinski definition) is 1. The van der Waals surface area contributed by atoms with Crippen LogP contribution in [0.4, 0.5) is 0 Å². The minimum atomic E-state index is -0.466. The van der Waals surface area contributed by atoms with Crippen molar-refractivity contribution in [3.8, 4) is 0 Å². The van der Waals surface area contributed by atoms with E-state index in [9.17, 15) is 5.11 Å². The number of hydrogen-bond donors (Lipinski definition) is 1. The van der Waals surface area contributed by atoms with Crippen LogP contribution in [-0.2, 0) is 0 Å². The Morgan fingerprint density at radius 1 is 1.07 bits per heavy atom. The molecule has 15 heavy (non-hydrogen) atoms. The quantitative estimate of drug-likeness (QED) is 0.700. The minimum Gasteiger partial charge on any atom is -0.390 e.